The molecule has 33 heavy (non-hydrogen) atoms. The Bertz CT molecular complexity index is 1360. The fourth-order valence-electron chi connectivity index (χ4n) is 3.58. The van der Waals surface area contributed by atoms with Gasteiger partial charge in [-0.25, -0.2) is 13.8 Å². The Kier molecular flexibility index (Phi) is 5.70. The molecule has 4 rings (SSSR count). The van der Waals surface area contributed by atoms with E-state index in [9.17, 15) is 14.4 Å². The number of amides is 1. The number of anilines is 1. The molecular weight excluding hydrogens is 430 g/mol. The monoisotopic (exact) mass is 448 g/mol. The Morgan fingerprint density at radius 1 is 1.27 bits per heavy atom. The average Bonchev–Trinajstić information content (AvgIpc) is 3.51. The standard InChI is InChI=1S/C23H18F2N6O2/c1-23(14-12-27-31(2)13-14,20-5-3-4-15(11-26)28-20)10-16-17(24)6-7-18(21(16)25)29-22(32)19-8-9-33-30-19/h3-9,12-13H,10H2,1-2H3,(H,29,32). The van der Waals surface area contributed by atoms with Crippen LogP contribution in [0.25, 0.3) is 0 Å². The van der Waals surface area contributed by atoms with Gasteiger partial charge in [0.15, 0.2) is 11.5 Å². The largest absolute Gasteiger partial charge is 0.364 e. The molecule has 1 N–H and O–H groups in total. The molecule has 0 spiro atoms. The van der Waals surface area contributed by atoms with Crippen LogP contribution in [0.5, 0.6) is 0 Å². The average molecular weight is 448 g/mol. The van der Waals surface area contributed by atoms with Gasteiger partial charge in [-0.05, 0) is 37.6 Å². The fourth-order valence-corrected chi connectivity index (χ4v) is 3.58. The summed E-state index contributed by atoms with van der Waals surface area (Å²) in [6.45, 7) is 1.77. The highest BCUT2D eigenvalue weighted by molar-refractivity contribution is 6.02. The maximum atomic E-state index is 15.5. The van der Waals surface area contributed by atoms with Crippen molar-refractivity contribution in [3.63, 3.8) is 0 Å². The van der Waals surface area contributed by atoms with Gasteiger partial charge in [-0.1, -0.05) is 11.2 Å². The molecule has 1 unspecified atom stereocenters. The molecule has 0 bridgehead atoms. The van der Waals surface area contributed by atoms with Crippen LogP contribution in [0.3, 0.4) is 0 Å². The number of aromatic nitrogens is 4. The molecule has 3 aromatic heterocycles. The molecule has 0 aliphatic carbocycles. The molecule has 0 fully saturated rings. The van der Waals surface area contributed by atoms with Gasteiger partial charge in [-0.3, -0.25) is 9.48 Å². The summed E-state index contributed by atoms with van der Waals surface area (Å²) >= 11 is 0. The summed E-state index contributed by atoms with van der Waals surface area (Å²) in [5.74, 6) is -2.39. The molecule has 0 aliphatic rings. The van der Waals surface area contributed by atoms with Crippen molar-refractivity contribution in [3.05, 3.63) is 94.9 Å². The molecule has 1 amide bonds. The Hall–Kier alpha value is -4.39. The number of benzene rings is 1. The molecule has 1 atom stereocenters. The van der Waals surface area contributed by atoms with E-state index in [0.717, 1.165) is 12.1 Å². The normalized spacial score (nSPS) is 12.7. The van der Waals surface area contributed by atoms with Gasteiger partial charge in [0.25, 0.3) is 5.91 Å². The van der Waals surface area contributed by atoms with Crippen LogP contribution in [0.2, 0.25) is 0 Å². The number of rotatable bonds is 6. The number of pyridine rings is 1. The van der Waals surface area contributed by atoms with Gasteiger partial charge in [-0.2, -0.15) is 10.4 Å². The van der Waals surface area contributed by atoms with Crippen LogP contribution < -0.4 is 5.32 Å². The van der Waals surface area contributed by atoms with Crippen LogP contribution in [-0.2, 0) is 18.9 Å². The third-order valence-electron chi connectivity index (χ3n) is 5.41. The van der Waals surface area contributed by atoms with Crippen molar-refractivity contribution in [1.82, 2.24) is 19.9 Å². The first kappa shape index (κ1) is 21.8. The Morgan fingerprint density at radius 3 is 2.76 bits per heavy atom. The van der Waals surface area contributed by atoms with Crippen molar-refractivity contribution in [3.8, 4) is 6.07 Å². The van der Waals surface area contributed by atoms with Crippen LogP contribution in [0, 0.1) is 23.0 Å². The van der Waals surface area contributed by atoms with Gasteiger partial charge in [0.2, 0.25) is 0 Å². The number of carbonyl (C=O) groups excluding carboxylic acids is 1. The van der Waals surface area contributed by atoms with E-state index in [-0.39, 0.29) is 29.1 Å². The van der Waals surface area contributed by atoms with Crippen LogP contribution in [0.1, 0.15) is 39.9 Å². The summed E-state index contributed by atoms with van der Waals surface area (Å²) in [7, 11) is 1.73. The Balaban J connectivity index is 1.78. The number of halogens is 2. The summed E-state index contributed by atoms with van der Waals surface area (Å²) < 4.78 is 36.5. The predicted molar refractivity (Wildman–Crippen MR) is 113 cm³/mol. The third kappa shape index (κ3) is 4.21. The number of nitrogens with one attached hydrogen (secondary N) is 1. The number of hydrogen-bond acceptors (Lipinski definition) is 6. The maximum absolute atomic E-state index is 15.5. The highest BCUT2D eigenvalue weighted by Crippen LogP contribution is 2.37. The third-order valence-corrected chi connectivity index (χ3v) is 5.41. The van der Waals surface area contributed by atoms with Crippen LogP contribution in [0.4, 0.5) is 14.5 Å². The molecule has 0 saturated carbocycles. The minimum atomic E-state index is -1.03. The van der Waals surface area contributed by atoms with Crippen molar-refractivity contribution < 1.29 is 18.1 Å². The first-order chi connectivity index (χ1) is 15.8. The Morgan fingerprint density at radius 2 is 2.09 bits per heavy atom. The van der Waals surface area contributed by atoms with E-state index < -0.39 is 23.0 Å². The molecule has 0 aliphatic heterocycles. The maximum Gasteiger partial charge on any atom is 0.277 e. The number of aryl methyl sites for hydroxylation is 1. The quantitative estimate of drug-likeness (QED) is 0.481. The number of nitrogens with zero attached hydrogens (tertiary/aromatic N) is 5. The first-order valence-corrected chi connectivity index (χ1v) is 9.87. The molecular formula is C23H18F2N6O2. The van der Waals surface area contributed by atoms with Gasteiger partial charge in [0.05, 0.1) is 17.6 Å². The minimum absolute atomic E-state index is 0.0435. The van der Waals surface area contributed by atoms with E-state index in [1.165, 1.54) is 12.3 Å². The van der Waals surface area contributed by atoms with Gasteiger partial charge in [0, 0.05) is 35.9 Å². The molecule has 8 nitrogen and oxygen atoms in total. The summed E-state index contributed by atoms with van der Waals surface area (Å²) in [6, 6.07) is 10.4. The predicted octanol–water partition coefficient (Wildman–Crippen LogP) is 3.75. The van der Waals surface area contributed by atoms with E-state index >= 15 is 4.39 Å². The van der Waals surface area contributed by atoms with Crippen molar-refractivity contribution in [1.29, 1.82) is 5.26 Å². The molecule has 3 heterocycles. The topological polar surface area (TPSA) is 110 Å². The smallest absolute Gasteiger partial charge is 0.277 e. The highest BCUT2D eigenvalue weighted by atomic mass is 19.1. The lowest BCUT2D eigenvalue weighted by Gasteiger charge is -2.29. The lowest BCUT2D eigenvalue weighted by molar-refractivity contribution is 0.101. The SMILES string of the molecule is Cn1cc(C(C)(Cc2c(F)ccc(NC(=O)c3ccon3)c2F)c2cccc(C#N)n2)cn1. The zero-order valence-corrected chi connectivity index (χ0v) is 17.7. The number of nitriles is 1. The molecule has 1 aromatic carbocycles. The van der Waals surface area contributed by atoms with Crippen LogP contribution in [-0.4, -0.2) is 25.8 Å². The van der Waals surface area contributed by atoms with E-state index in [2.05, 4.69) is 25.1 Å². The fraction of sp³-hybridized carbons (Fsp3) is 0.174. The van der Waals surface area contributed by atoms with E-state index in [1.54, 1.807) is 49.2 Å². The number of carbonyl (C=O) groups is 1. The van der Waals surface area contributed by atoms with Gasteiger partial charge in [-0.15, -0.1) is 0 Å². The molecule has 0 saturated heterocycles. The molecule has 4 aromatic rings. The number of hydrogen-bond donors (Lipinski definition) is 1. The van der Waals surface area contributed by atoms with Crippen LogP contribution in [0.15, 0.2) is 59.6 Å². The van der Waals surface area contributed by atoms with E-state index in [4.69, 9.17) is 0 Å². The van der Waals surface area contributed by atoms with Crippen molar-refractivity contribution in [2.75, 3.05) is 5.32 Å². The molecule has 166 valence electrons. The van der Waals surface area contributed by atoms with Gasteiger partial charge >= 0.3 is 0 Å². The molecule has 10 heteroatoms. The summed E-state index contributed by atoms with van der Waals surface area (Å²) in [4.78, 5) is 16.7. The second-order valence-electron chi connectivity index (χ2n) is 7.66. The van der Waals surface area contributed by atoms with E-state index in [0.29, 0.717) is 11.3 Å². The van der Waals surface area contributed by atoms with Crippen molar-refractivity contribution >= 4 is 11.6 Å². The lowest BCUT2D eigenvalue weighted by atomic mass is 9.75. The second-order valence-corrected chi connectivity index (χ2v) is 7.66. The van der Waals surface area contributed by atoms with Crippen molar-refractivity contribution in [2.24, 2.45) is 7.05 Å². The second kappa shape index (κ2) is 8.63. The summed E-state index contributed by atoms with van der Waals surface area (Å²) in [6.07, 6.45) is 4.38. The first-order valence-electron chi connectivity index (χ1n) is 9.87. The molecule has 0 radical (unpaired) electrons. The van der Waals surface area contributed by atoms with Crippen molar-refractivity contribution in [2.45, 2.75) is 18.8 Å². The van der Waals surface area contributed by atoms with Gasteiger partial charge < -0.3 is 9.84 Å². The van der Waals surface area contributed by atoms with Gasteiger partial charge in [0.1, 0.15) is 23.8 Å². The lowest BCUT2D eigenvalue weighted by Crippen LogP contribution is -2.29. The highest BCUT2D eigenvalue weighted by Gasteiger charge is 2.35. The zero-order valence-electron chi connectivity index (χ0n) is 17.7. The Labute approximate surface area is 187 Å². The van der Waals surface area contributed by atoms with E-state index in [1.807, 2.05) is 6.07 Å². The van der Waals surface area contributed by atoms with Crippen LogP contribution >= 0.6 is 0 Å². The zero-order chi connectivity index (χ0) is 23.6. The summed E-state index contributed by atoms with van der Waals surface area (Å²) in [5.41, 5.74) is -0.239. The summed E-state index contributed by atoms with van der Waals surface area (Å²) in [5, 5.41) is 19.4. The minimum Gasteiger partial charge on any atom is -0.364 e.